The van der Waals surface area contributed by atoms with E-state index in [0.717, 1.165) is 12.5 Å². The van der Waals surface area contributed by atoms with Gasteiger partial charge in [-0.25, -0.2) is 0 Å². The molecule has 1 aromatic carbocycles. The highest BCUT2D eigenvalue weighted by Gasteiger charge is 2.23. The van der Waals surface area contributed by atoms with Crippen molar-refractivity contribution in [1.29, 1.82) is 0 Å². The largest absolute Gasteiger partial charge is 0.329 e. The Morgan fingerprint density at radius 2 is 1.88 bits per heavy atom. The first-order valence-electron chi connectivity index (χ1n) is 6.30. The highest BCUT2D eigenvalue weighted by atomic mass is 15.2. The molecule has 0 spiro atoms. The van der Waals surface area contributed by atoms with Gasteiger partial charge in [-0.1, -0.05) is 37.3 Å². The number of hydrogen-bond acceptors (Lipinski definition) is 2. The number of nitrogens with zero attached hydrogens (tertiary/aromatic N) is 1. The third kappa shape index (κ3) is 2.63. The van der Waals surface area contributed by atoms with Gasteiger partial charge in [0.25, 0.3) is 0 Å². The summed E-state index contributed by atoms with van der Waals surface area (Å²) in [5.74, 6) is 0.880. The predicted molar refractivity (Wildman–Crippen MR) is 68.2 cm³/mol. The molecule has 0 aromatic heterocycles. The van der Waals surface area contributed by atoms with Gasteiger partial charge < -0.3 is 5.73 Å². The van der Waals surface area contributed by atoms with Gasteiger partial charge in [0.05, 0.1) is 0 Å². The normalized spacial score (nSPS) is 20.9. The Bertz CT molecular complexity index is 302. The summed E-state index contributed by atoms with van der Waals surface area (Å²) in [5, 5.41) is 0. The molecule has 2 nitrogen and oxygen atoms in total. The molecule has 2 rings (SSSR count). The van der Waals surface area contributed by atoms with Crippen LogP contribution in [0.4, 0.5) is 0 Å². The SMILES string of the molecule is CC1CCN(C(CN)c2ccccc2)CC1. The van der Waals surface area contributed by atoms with Gasteiger partial charge in [0.15, 0.2) is 0 Å². The molecule has 1 fully saturated rings. The zero-order valence-corrected chi connectivity index (χ0v) is 10.1. The van der Waals surface area contributed by atoms with Gasteiger partial charge in [-0.15, -0.1) is 0 Å². The standard InChI is InChI=1S/C14H22N2/c1-12-7-9-16(10-8-12)14(11-15)13-5-3-2-4-6-13/h2-6,12,14H,7-11,15H2,1H3. The van der Waals surface area contributed by atoms with Crippen molar-refractivity contribution in [2.24, 2.45) is 11.7 Å². The molecule has 1 heterocycles. The minimum atomic E-state index is 0.411. The third-order valence-electron chi connectivity index (χ3n) is 3.67. The second-order valence-electron chi connectivity index (χ2n) is 4.88. The highest BCUT2D eigenvalue weighted by molar-refractivity contribution is 5.19. The maximum Gasteiger partial charge on any atom is 0.0470 e. The molecule has 1 unspecified atom stereocenters. The second-order valence-corrected chi connectivity index (χ2v) is 4.88. The van der Waals surface area contributed by atoms with Gasteiger partial charge in [0, 0.05) is 12.6 Å². The van der Waals surface area contributed by atoms with Gasteiger partial charge >= 0.3 is 0 Å². The fraction of sp³-hybridized carbons (Fsp3) is 0.571. The summed E-state index contributed by atoms with van der Waals surface area (Å²) in [6, 6.07) is 11.1. The molecule has 0 radical (unpaired) electrons. The first-order chi connectivity index (χ1) is 7.81. The minimum Gasteiger partial charge on any atom is -0.329 e. The van der Waals surface area contributed by atoms with Crippen LogP contribution in [0, 0.1) is 5.92 Å². The van der Waals surface area contributed by atoms with Crippen LogP contribution in [0.1, 0.15) is 31.4 Å². The molecule has 0 amide bonds. The van der Waals surface area contributed by atoms with Crippen molar-refractivity contribution >= 4 is 0 Å². The van der Waals surface area contributed by atoms with E-state index in [4.69, 9.17) is 5.73 Å². The molecular formula is C14H22N2. The topological polar surface area (TPSA) is 29.3 Å². The zero-order chi connectivity index (χ0) is 11.4. The predicted octanol–water partition coefficient (Wildman–Crippen LogP) is 2.42. The average molecular weight is 218 g/mol. The van der Waals surface area contributed by atoms with Crippen molar-refractivity contribution in [3.8, 4) is 0 Å². The van der Waals surface area contributed by atoms with Crippen molar-refractivity contribution < 1.29 is 0 Å². The summed E-state index contributed by atoms with van der Waals surface area (Å²) in [7, 11) is 0. The number of likely N-dealkylation sites (tertiary alicyclic amines) is 1. The fourth-order valence-electron chi connectivity index (χ4n) is 2.51. The van der Waals surface area contributed by atoms with E-state index in [2.05, 4.69) is 42.2 Å². The Kier molecular flexibility index (Phi) is 3.97. The number of benzene rings is 1. The number of nitrogens with two attached hydrogens (primary N) is 1. The quantitative estimate of drug-likeness (QED) is 0.844. The highest BCUT2D eigenvalue weighted by Crippen LogP contribution is 2.25. The van der Waals surface area contributed by atoms with E-state index in [9.17, 15) is 0 Å². The van der Waals surface area contributed by atoms with Crippen LogP contribution in [0.15, 0.2) is 30.3 Å². The molecular weight excluding hydrogens is 196 g/mol. The molecule has 1 aliphatic rings. The minimum absolute atomic E-state index is 0.411. The Morgan fingerprint density at radius 1 is 1.25 bits per heavy atom. The van der Waals surface area contributed by atoms with Crippen LogP contribution in [0.3, 0.4) is 0 Å². The number of piperidine rings is 1. The molecule has 1 atom stereocenters. The van der Waals surface area contributed by atoms with Crippen LogP contribution >= 0.6 is 0 Å². The van der Waals surface area contributed by atoms with Crippen molar-refractivity contribution in [3.63, 3.8) is 0 Å². The van der Waals surface area contributed by atoms with E-state index < -0.39 is 0 Å². The van der Waals surface area contributed by atoms with E-state index in [1.165, 1.54) is 31.5 Å². The number of rotatable bonds is 3. The Labute approximate surface area is 98.4 Å². The zero-order valence-electron chi connectivity index (χ0n) is 10.1. The summed E-state index contributed by atoms with van der Waals surface area (Å²) in [6.07, 6.45) is 2.62. The second kappa shape index (κ2) is 5.46. The maximum absolute atomic E-state index is 5.93. The van der Waals surface area contributed by atoms with E-state index in [1.807, 2.05) is 0 Å². The molecule has 2 heteroatoms. The van der Waals surface area contributed by atoms with Crippen molar-refractivity contribution in [3.05, 3.63) is 35.9 Å². The average Bonchev–Trinajstić information content (AvgIpc) is 2.34. The van der Waals surface area contributed by atoms with Crippen molar-refractivity contribution in [1.82, 2.24) is 4.90 Å². The Balaban J connectivity index is 2.05. The molecule has 2 N–H and O–H groups in total. The van der Waals surface area contributed by atoms with Crippen LogP contribution in [0.5, 0.6) is 0 Å². The lowest BCUT2D eigenvalue weighted by Crippen LogP contribution is -2.39. The molecule has 16 heavy (non-hydrogen) atoms. The van der Waals surface area contributed by atoms with Gasteiger partial charge in [0.2, 0.25) is 0 Å². The summed E-state index contributed by atoms with van der Waals surface area (Å²) >= 11 is 0. The molecule has 88 valence electrons. The molecule has 0 aliphatic carbocycles. The first kappa shape index (κ1) is 11.6. The fourth-order valence-corrected chi connectivity index (χ4v) is 2.51. The van der Waals surface area contributed by atoms with Crippen LogP contribution in [-0.2, 0) is 0 Å². The summed E-state index contributed by atoms with van der Waals surface area (Å²) in [4.78, 5) is 2.54. The van der Waals surface area contributed by atoms with E-state index >= 15 is 0 Å². The Morgan fingerprint density at radius 3 is 2.44 bits per heavy atom. The summed E-state index contributed by atoms with van der Waals surface area (Å²) in [6.45, 7) is 5.45. The lowest BCUT2D eigenvalue weighted by atomic mass is 9.96. The number of hydrogen-bond donors (Lipinski definition) is 1. The van der Waals surface area contributed by atoms with Crippen LogP contribution in [0.2, 0.25) is 0 Å². The van der Waals surface area contributed by atoms with Crippen LogP contribution in [0.25, 0.3) is 0 Å². The molecule has 1 saturated heterocycles. The summed E-state index contributed by atoms with van der Waals surface area (Å²) < 4.78 is 0. The van der Waals surface area contributed by atoms with Crippen molar-refractivity contribution in [2.45, 2.75) is 25.8 Å². The first-order valence-corrected chi connectivity index (χ1v) is 6.30. The monoisotopic (exact) mass is 218 g/mol. The lowest BCUT2D eigenvalue weighted by Gasteiger charge is -2.36. The van der Waals surface area contributed by atoms with Crippen LogP contribution in [-0.4, -0.2) is 24.5 Å². The smallest absolute Gasteiger partial charge is 0.0470 e. The third-order valence-corrected chi connectivity index (χ3v) is 3.67. The molecule has 0 saturated carbocycles. The van der Waals surface area contributed by atoms with Gasteiger partial charge in [-0.05, 0) is 37.4 Å². The van der Waals surface area contributed by atoms with Gasteiger partial charge in [-0.2, -0.15) is 0 Å². The van der Waals surface area contributed by atoms with E-state index in [1.54, 1.807) is 0 Å². The molecule has 1 aliphatic heterocycles. The summed E-state index contributed by atoms with van der Waals surface area (Å²) in [5.41, 5.74) is 7.29. The van der Waals surface area contributed by atoms with Crippen LogP contribution < -0.4 is 5.73 Å². The van der Waals surface area contributed by atoms with Gasteiger partial charge in [0.1, 0.15) is 0 Å². The van der Waals surface area contributed by atoms with Gasteiger partial charge in [-0.3, -0.25) is 4.90 Å². The molecule has 1 aromatic rings. The maximum atomic E-state index is 5.93. The van der Waals surface area contributed by atoms with E-state index in [0.29, 0.717) is 6.04 Å². The lowest BCUT2D eigenvalue weighted by molar-refractivity contribution is 0.141. The Hall–Kier alpha value is -0.860. The van der Waals surface area contributed by atoms with Crippen molar-refractivity contribution in [2.75, 3.05) is 19.6 Å². The van der Waals surface area contributed by atoms with E-state index in [-0.39, 0.29) is 0 Å². The molecule has 0 bridgehead atoms.